The molecule has 2 rings (SSSR count). The third-order valence-corrected chi connectivity index (χ3v) is 4.66. The number of likely N-dealkylation sites (tertiary alicyclic amines) is 1. The highest BCUT2D eigenvalue weighted by Gasteiger charge is 2.23. The maximum atomic E-state index is 11.9. The molecule has 0 aromatic heterocycles. The summed E-state index contributed by atoms with van der Waals surface area (Å²) < 4.78 is 0. The summed E-state index contributed by atoms with van der Waals surface area (Å²) in [6.07, 6.45) is 2.49. The van der Waals surface area contributed by atoms with Crippen LogP contribution in [-0.2, 0) is 4.79 Å². The lowest BCUT2D eigenvalue weighted by Gasteiger charge is -2.29. The molecule has 0 spiro atoms. The number of guanidine groups is 1. The number of rotatable bonds is 8. The molecule has 0 radical (unpaired) electrons. The smallest absolute Gasteiger partial charge is 0.243 e. The molecule has 1 atom stereocenters. The SMILES string of the molecule is C=C(C)CNC(=NCC(=O)N(C)C)NCC(c1ccccc1)N1CCCC1.I. The van der Waals surface area contributed by atoms with E-state index in [1.165, 1.54) is 18.4 Å². The lowest BCUT2D eigenvalue weighted by Crippen LogP contribution is -2.43. The van der Waals surface area contributed by atoms with Gasteiger partial charge in [0.25, 0.3) is 0 Å². The number of carbonyl (C=O) groups is 1. The van der Waals surface area contributed by atoms with Gasteiger partial charge in [-0.1, -0.05) is 42.5 Å². The largest absolute Gasteiger partial charge is 0.354 e. The summed E-state index contributed by atoms with van der Waals surface area (Å²) in [6.45, 7) is 9.62. The Labute approximate surface area is 186 Å². The lowest BCUT2D eigenvalue weighted by atomic mass is 10.1. The quantitative estimate of drug-likeness (QED) is 0.250. The molecular formula is C21H34IN5O. The topological polar surface area (TPSA) is 60.0 Å². The number of nitrogens with one attached hydrogen (secondary N) is 2. The Bertz CT molecular complexity index is 641. The zero-order valence-electron chi connectivity index (χ0n) is 17.3. The zero-order valence-corrected chi connectivity index (χ0v) is 19.6. The van der Waals surface area contributed by atoms with Crippen LogP contribution in [0.15, 0.2) is 47.5 Å². The predicted octanol–water partition coefficient (Wildman–Crippen LogP) is 2.64. The number of benzene rings is 1. The van der Waals surface area contributed by atoms with E-state index in [0.29, 0.717) is 12.5 Å². The Morgan fingerprint density at radius 3 is 2.43 bits per heavy atom. The molecule has 1 aromatic rings. The molecule has 0 aliphatic carbocycles. The van der Waals surface area contributed by atoms with Crippen LogP contribution in [0.2, 0.25) is 0 Å². The van der Waals surface area contributed by atoms with Crippen molar-refractivity contribution in [2.24, 2.45) is 4.99 Å². The average molecular weight is 499 g/mol. The van der Waals surface area contributed by atoms with Crippen LogP contribution in [-0.4, -0.2) is 68.5 Å². The number of hydrogen-bond donors (Lipinski definition) is 2. The second kappa shape index (κ2) is 12.8. The summed E-state index contributed by atoms with van der Waals surface area (Å²) in [5, 5.41) is 6.69. The second-order valence-corrected chi connectivity index (χ2v) is 7.31. The molecule has 28 heavy (non-hydrogen) atoms. The van der Waals surface area contributed by atoms with Gasteiger partial charge in [0.05, 0.1) is 6.04 Å². The highest BCUT2D eigenvalue weighted by molar-refractivity contribution is 14.0. The number of amides is 1. The van der Waals surface area contributed by atoms with Gasteiger partial charge in [-0.15, -0.1) is 24.0 Å². The standard InChI is InChI=1S/C21H33N5O.HI/c1-17(2)14-22-21(24-16-20(27)25(3)4)23-15-19(26-12-8-9-13-26)18-10-6-5-7-11-18;/h5-7,10-11,19H,1,8-9,12-16H2,2-4H3,(H2,22,23,24);1H. The van der Waals surface area contributed by atoms with Gasteiger partial charge in [0.1, 0.15) is 6.54 Å². The van der Waals surface area contributed by atoms with Crippen molar-refractivity contribution in [3.8, 4) is 0 Å². The van der Waals surface area contributed by atoms with E-state index in [2.05, 4.69) is 51.4 Å². The average Bonchev–Trinajstić information content (AvgIpc) is 3.18. The second-order valence-electron chi connectivity index (χ2n) is 7.31. The first-order valence-electron chi connectivity index (χ1n) is 9.63. The number of halogens is 1. The Morgan fingerprint density at radius 2 is 1.86 bits per heavy atom. The predicted molar refractivity (Wildman–Crippen MR) is 127 cm³/mol. The van der Waals surface area contributed by atoms with Crippen LogP contribution in [0.4, 0.5) is 0 Å². The van der Waals surface area contributed by atoms with E-state index in [4.69, 9.17) is 0 Å². The van der Waals surface area contributed by atoms with Gasteiger partial charge in [-0.2, -0.15) is 0 Å². The fraction of sp³-hybridized carbons (Fsp3) is 0.524. The molecule has 7 heteroatoms. The van der Waals surface area contributed by atoms with Crippen LogP contribution in [0.1, 0.15) is 31.4 Å². The summed E-state index contributed by atoms with van der Waals surface area (Å²) in [5.41, 5.74) is 2.32. The van der Waals surface area contributed by atoms with Crippen molar-refractivity contribution in [2.45, 2.75) is 25.8 Å². The molecule has 1 amide bonds. The molecule has 0 saturated carbocycles. The van der Waals surface area contributed by atoms with Crippen molar-refractivity contribution in [3.05, 3.63) is 48.0 Å². The monoisotopic (exact) mass is 499 g/mol. The summed E-state index contributed by atoms with van der Waals surface area (Å²) in [7, 11) is 3.48. The molecule has 1 aromatic carbocycles. The first-order chi connectivity index (χ1) is 13.0. The lowest BCUT2D eigenvalue weighted by molar-refractivity contribution is -0.127. The van der Waals surface area contributed by atoms with E-state index in [0.717, 1.165) is 25.2 Å². The Balaban J connectivity index is 0.00000392. The van der Waals surface area contributed by atoms with Crippen molar-refractivity contribution in [3.63, 3.8) is 0 Å². The number of carbonyl (C=O) groups excluding carboxylic acids is 1. The van der Waals surface area contributed by atoms with Crippen molar-refractivity contribution < 1.29 is 4.79 Å². The van der Waals surface area contributed by atoms with Crippen molar-refractivity contribution in [1.29, 1.82) is 0 Å². The molecule has 156 valence electrons. The molecular weight excluding hydrogens is 465 g/mol. The van der Waals surface area contributed by atoms with Crippen molar-refractivity contribution in [2.75, 3.05) is 46.8 Å². The Hall–Kier alpha value is -1.61. The normalized spacial score (nSPS) is 15.5. The Morgan fingerprint density at radius 1 is 1.21 bits per heavy atom. The first kappa shape index (κ1) is 24.4. The first-order valence-corrected chi connectivity index (χ1v) is 9.63. The van der Waals surface area contributed by atoms with Crippen LogP contribution < -0.4 is 10.6 Å². The van der Waals surface area contributed by atoms with Crippen LogP contribution in [0.3, 0.4) is 0 Å². The molecule has 1 aliphatic heterocycles. The van der Waals surface area contributed by atoms with Crippen LogP contribution in [0.5, 0.6) is 0 Å². The van der Waals surface area contributed by atoms with Gasteiger partial charge in [-0.05, 0) is 38.4 Å². The summed E-state index contributed by atoms with van der Waals surface area (Å²) >= 11 is 0. The van der Waals surface area contributed by atoms with Gasteiger partial charge >= 0.3 is 0 Å². The molecule has 2 N–H and O–H groups in total. The van der Waals surface area contributed by atoms with Gasteiger partial charge < -0.3 is 15.5 Å². The van der Waals surface area contributed by atoms with Crippen molar-refractivity contribution in [1.82, 2.24) is 20.4 Å². The number of aliphatic imine (C=N–C) groups is 1. The highest BCUT2D eigenvalue weighted by Crippen LogP contribution is 2.24. The van der Waals surface area contributed by atoms with Crippen LogP contribution >= 0.6 is 24.0 Å². The molecule has 1 aliphatic rings. The van der Waals surface area contributed by atoms with E-state index in [9.17, 15) is 4.79 Å². The van der Waals surface area contributed by atoms with Gasteiger partial charge in [0.2, 0.25) is 5.91 Å². The molecule has 0 bridgehead atoms. The summed E-state index contributed by atoms with van der Waals surface area (Å²) in [6, 6.07) is 10.9. The van der Waals surface area contributed by atoms with E-state index in [-0.39, 0.29) is 42.5 Å². The molecule has 6 nitrogen and oxygen atoms in total. The Kier molecular flexibility index (Phi) is 11.1. The fourth-order valence-corrected chi connectivity index (χ4v) is 3.08. The molecule has 1 saturated heterocycles. The minimum absolute atomic E-state index is 0. The number of likely N-dealkylation sites (N-methyl/N-ethyl adjacent to an activating group) is 1. The van der Waals surface area contributed by atoms with E-state index >= 15 is 0 Å². The van der Waals surface area contributed by atoms with Gasteiger partial charge in [0.15, 0.2) is 5.96 Å². The van der Waals surface area contributed by atoms with Crippen LogP contribution in [0, 0.1) is 0 Å². The van der Waals surface area contributed by atoms with Crippen LogP contribution in [0.25, 0.3) is 0 Å². The van der Waals surface area contributed by atoms with Gasteiger partial charge in [-0.3, -0.25) is 9.69 Å². The maximum Gasteiger partial charge on any atom is 0.243 e. The zero-order chi connectivity index (χ0) is 19.6. The third-order valence-electron chi connectivity index (χ3n) is 4.66. The summed E-state index contributed by atoms with van der Waals surface area (Å²) in [5.74, 6) is 0.624. The van der Waals surface area contributed by atoms with Crippen molar-refractivity contribution >= 4 is 35.8 Å². The molecule has 1 heterocycles. The number of hydrogen-bond acceptors (Lipinski definition) is 3. The van der Waals surface area contributed by atoms with E-state index in [1.54, 1.807) is 19.0 Å². The maximum absolute atomic E-state index is 11.9. The molecule has 1 fully saturated rings. The third kappa shape index (κ3) is 8.18. The number of nitrogens with zero attached hydrogens (tertiary/aromatic N) is 3. The summed E-state index contributed by atoms with van der Waals surface area (Å²) in [4.78, 5) is 20.4. The highest BCUT2D eigenvalue weighted by atomic mass is 127. The minimum atomic E-state index is -0.0226. The fourth-order valence-electron chi connectivity index (χ4n) is 3.08. The van der Waals surface area contributed by atoms with Gasteiger partial charge in [0, 0.05) is 27.2 Å². The van der Waals surface area contributed by atoms with E-state index < -0.39 is 0 Å². The van der Waals surface area contributed by atoms with Gasteiger partial charge in [-0.25, -0.2) is 4.99 Å². The molecule has 1 unspecified atom stereocenters. The van der Waals surface area contributed by atoms with E-state index in [1.807, 2.05) is 13.0 Å². The minimum Gasteiger partial charge on any atom is -0.354 e.